The number of carbonyl (C=O) groups excluding carboxylic acids is 1. The first kappa shape index (κ1) is 14.3. The van der Waals surface area contributed by atoms with Crippen LogP contribution in [0.15, 0.2) is 29.6 Å². The minimum atomic E-state index is 0. The van der Waals surface area contributed by atoms with Gasteiger partial charge in [0, 0.05) is 29.4 Å². The Morgan fingerprint density at radius 3 is 3.05 bits per heavy atom. The SMILES string of the molecule is Cl.NCC1CCCN1C(=O)c1ccc2sccc2c1. The summed E-state index contributed by atoms with van der Waals surface area (Å²) in [4.78, 5) is 14.4. The van der Waals surface area contributed by atoms with E-state index in [0.29, 0.717) is 6.54 Å². The molecule has 1 saturated heterocycles. The lowest BCUT2D eigenvalue weighted by atomic mass is 10.1. The minimum Gasteiger partial charge on any atom is -0.334 e. The summed E-state index contributed by atoms with van der Waals surface area (Å²) in [6.45, 7) is 1.40. The van der Waals surface area contributed by atoms with Gasteiger partial charge in [0.15, 0.2) is 0 Å². The Morgan fingerprint density at radius 1 is 1.42 bits per heavy atom. The highest BCUT2D eigenvalue weighted by atomic mass is 35.5. The summed E-state index contributed by atoms with van der Waals surface area (Å²) in [5.74, 6) is 0.121. The van der Waals surface area contributed by atoms with Crippen molar-refractivity contribution in [1.29, 1.82) is 0 Å². The van der Waals surface area contributed by atoms with Crippen LogP contribution in [0.5, 0.6) is 0 Å². The van der Waals surface area contributed by atoms with Crippen LogP contribution in [0.2, 0.25) is 0 Å². The van der Waals surface area contributed by atoms with Gasteiger partial charge in [0.1, 0.15) is 0 Å². The van der Waals surface area contributed by atoms with Crippen LogP contribution in [0.1, 0.15) is 23.2 Å². The molecule has 1 fully saturated rings. The molecule has 3 rings (SSSR count). The van der Waals surface area contributed by atoms with E-state index in [2.05, 4.69) is 11.4 Å². The van der Waals surface area contributed by atoms with Gasteiger partial charge in [-0.2, -0.15) is 0 Å². The molecular weight excluding hydrogens is 280 g/mol. The van der Waals surface area contributed by atoms with Gasteiger partial charge in [-0.25, -0.2) is 0 Å². The Hall–Kier alpha value is -1.10. The van der Waals surface area contributed by atoms with Crippen molar-refractivity contribution in [3.8, 4) is 0 Å². The second-order valence-corrected chi connectivity index (χ2v) is 5.65. The van der Waals surface area contributed by atoms with Crippen molar-refractivity contribution in [2.24, 2.45) is 5.73 Å². The van der Waals surface area contributed by atoms with Gasteiger partial charge < -0.3 is 10.6 Å². The average Bonchev–Trinajstić information content (AvgIpc) is 3.05. The molecule has 0 saturated carbocycles. The number of rotatable bonds is 2. The number of halogens is 1. The number of nitrogens with zero attached hydrogens (tertiary/aromatic N) is 1. The Bertz CT molecular complexity index is 584. The molecule has 0 bridgehead atoms. The Morgan fingerprint density at radius 2 is 2.26 bits per heavy atom. The zero-order valence-electron chi connectivity index (χ0n) is 10.5. The lowest BCUT2D eigenvalue weighted by Crippen LogP contribution is -2.39. The summed E-state index contributed by atoms with van der Waals surface area (Å²) in [5.41, 5.74) is 6.50. The van der Waals surface area contributed by atoms with E-state index in [1.807, 2.05) is 23.1 Å². The topological polar surface area (TPSA) is 46.3 Å². The number of hydrogen-bond donors (Lipinski definition) is 1. The molecule has 1 aliphatic rings. The van der Waals surface area contributed by atoms with Crippen molar-refractivity contribution in [2.75, 3.05) is 13.1 Å². The van der Waals surface area contributed by atoms with Crippen molar-refractivity contribution in [3.05, 3.63) is 35.2 Å². The van der Waals surface area contributed by atoms with Crippen LogP contribution >= 0.6 is 23.7 Å². The van der Waals surface area contributed by atoms with E-state index in [-0.39, 0.29) is 24.4 Å². The zero-order valence-corrected chi connectivity index (χ0v) is 12.2. The van der Waals surface area contributed by atoms with Crippen molar-refractivity contribution in [1.82, 2.24) is 4.90 Å². The molecule has 1 aliphatic heterocycles. The molecule has 1 aromatic heterocycles. The maximum absolute atomic E-state index is 12.5. The number of likely N-dealkylation sites (tertiary alicyclic amines) is 1. The quantitative estimate of drug-likeness (QED) is 0.926. The highest BCUT2D eigenvalue weighted by molar-refractivity contribution is 7.17. The number of fused-ring (bicyclic) bond motifs is 1. The number of hydrogen-bond acceptors (Lipinski definition) is 3. The van der Waals surface area contributed by atoms with E-state index < -0.39 is 0 Å². The molecule has 2 heterocycles. The fourth-order valence-electron chi connectivity index (χ4n) is 2.61. The monoisotopic (exact) mass is 296 g/mol. The second-order valence-electron chi connectivity index (χ2n) is 4.70. The van der Waals surface area contributed by atoms with Crippen LogP contribution in [0, 0.1) is 0 Å². The van der Waals surface area contributed by atoms with Crippen LogP contribution in [-0.2, 0) is 0 Å². The summed E-state index contributed by atoms with van der Waals surface area (Å²) in [6, 6.07) is 8.21. The highest BCUT2D eigenvalue weighted by Crippen LogP contribution is 2.24. The number of nitrogens with two attached hydrogens (primary N) is 1. The van der Waals surface area contributed by atoms with Gasteiger partial charge in [0.25, 0.3) is 5.91 Å². The largest absolute Gasteiger partial charge is 0.334 e. The van der Waals surface area contributed by atoms with Gasteiger partial charge in [-0.3, -0.25) is 4.79 Å². The smallest absolute Gasteiger partial charge is 0.254 e. The fourth-order valence-corrected chi connectivity index (χ4v) is 3.38. The molecular formula is C14H17ClN2OS. The van der Waals surface area contributed by atoms with E-state index in [1.165, 1.54) is 4.70 Å². The molecule has 1 unspecified atom stereocenters. The molecule has 5 heteroatoms. The maximum atomic E-state index is 12.5. The van der Waals surface area contributed by atoms with Gasteiger partial charge >= 0.3 is 0 Å². The summed E-state index contributed by atoms with van der Waals surface area (Å²) in [7, 11) is 0. The molecule has 1 aromatic carbocycles. The third-order valence-corrected chi connectivity index (χ3v) is 4.51. The molecule has 2 aromatic rings. The predicted octanol–water partition coefficient (Wildman–Crippen LogP) is 2.89. The average molecular weight is 297 g/mol. The molecule has 19 heavy (non-hydrogen) atoms. The summed E-state index contributed by atoms with van der Waals surface area (Å²) >= 11 is 1.70. The van der Waals surface area contributed by atoms with Crippen LogP contribution in [0.25, 0.3) is 10.1 Å². The van der Waals surface area contributed by atoms with Gasteiger partial charge in [-0.15, -0.1) is 23.7 Å². The normalized spacial score (nSPS) is 18.6. The first-order valence-electron chi connectivity index (χ1n) is 6.28. The summed E-state index contributed by atoms with van der Waals surface area (Å²) < 4.78 is 1.23. The Labute approximate surface area is 122 Å². The summed E-state index contributed by atoms with van der Waals surface area (Å²) in [6.07, 6.45) is 2.09. The van der Waals surface area contributed by atoms with E-state index in [9.17, 15) is 4.79 Å². The van der Waals surface area contributed by atoms with Crippen LogP contribution in [0.3, 0.4) is 0 Å². The number of carbonyl (C=O) groups is 1. The van der Waals surface area contributed by atoms with Gasteiger partial charge in [-0.1, -0.05) is 0 Å². The number of thiophene rings is 1. The Kier molecular flexibility index (Phi) is 4.45. The van der Waals surface area contributed by atoms with Gasteiger partial charge in [0.2, 0.25) is 0 Å². The minimum absolute atomic E-state index is 0. The predicted molar refractivity (Wildman–Crippen MR) is 82.2 cm³/mol. The van der Waals surface area contributed by atoms with E-state index in [4.69, 9.17) is 5.73 Å². The Balaban J connectivity index is 0.00000133. The zero-order chi connectivity index (χ0) is 12.5. The molecule has 102 valence electrons. The standard InChI is InChI=1S/C14H16N2OS.ClH/c15-9-12-2-1-6-16(12)14(17)11-3-4-13-10(8-11)5-7-18-13;/h3-5,7-8,12H,1-2,6,9,15H2;1H. The van der Waals surface area contributed by atoms with E-state index in [1.54, 1.807) is 11.3 Å². The maximum Gasteiger partial charge on any atom is 0.254 e. The number of benzene rings is 1. The molecule has 0 spiro atoms. The van der Waals surface area contributed by atoms with Gasteiger partial charge in [0.05, 0.1) is 0 Å². The third kappa shape index (κ3) is 2.61. The highest BCUT2D eigenvalue weighted by Gasteiger charge is 2.28. The third-order valence-electron chi connectivity index (χ3n) is 3.61. The molecule has 2 N–H and O–H groups in total. The first-order chi connectivity index (χ1) is 8.79. The van der Waals surface area contributed by atoms with E-state index in [0.717, 1.165) is 30.3 Å². The molecule has 1 amide bonds. The lowest BCUT2D eigenvalue weighted by Gasteiger charge is -2.23. The van der Waals surface area contributed by atoms with Crippen molar-refractivity contribution >= 4 is 39.7 Å². The van der Waals surface area contributed by atoms with E-state index >= 15 is 0 Å². The molecule has 1 atom stereocenters. The molecule has 3 nitrogen and oxygen atoms in total. The van der Waals surface area contributed by atoms with Crippen LogP contribution in [0.4, 0.5) is 0 Å². The summed E-state index contributed by atoms with van der Waals surface area (Å²) in [5, 5.41) is 3.20. The van der Waals surface area contributed by atoms with Gasteiger partial charge in [-0.05, 0) is 47.9 Å². The van der Waals surface area contributed by atoms with Crippen molar-refractivity contribution < 1.29 is 4.79 Å². The van der Waals surface area contributed by atoms with Crippen LogP contribution < -0.4 is 5.73 Å². The fraction of sp³-hybridized carbons (Fsp3) is 0.357. The van der Waals surface area contributed by atoms with Crippen molar-refractivity contribution in [3.63, 3.8) is 0 Å². The first-order valence-corrected chi connectivity index (χ1v) is 7.16. The van der Waals surface area contributed by atoms with Crippen molar-refractivity contribution in [2.45, 2.75) is 18.9 Å². The second kappa shape index (κ2) is 5.90. The molecule has 0 aliphatic carbocycles. The lowest BCUT2D eigenvalue weighted by molar-refractivity contribution is 0.0741. The number of amides is 1. The van der Waals surface area contributed by atoms with Crippen LogP contribution in [-0.4, -0.2) is 29.9 Å². The molecule has 0 radical (unpaired) electrons.